The first-order valence-corrected chi connectivity index (χ1v) is 18.8. The molecular weight excluding hydrogens is 854 g/mol. The van der Waals surface area contributed by atoms with E-state index in [1.165, 1.54) is 44.6 Å². The zero-order chi connectivity index (χ0) is 37.1. The van der Waals surface area contributed by atoms with Gasteiger partial charge in [-0.3, -0.25) is 0 Å². The summed E-state index contributed by atoms with van der Waals surface area (Å²) in [6.45, 7) is 14.0. The van der Waals surface area contributed by atoms with Crippen LogP contribution >= 0.6 is 0 Å². The third-order valence-corrected chi connectivity index (χ3v) is 10.9. The maximum absolute atomic E-state index is 4.99. The second-order valence-electron chi connectivity index (χ2n) is 14.7. The topological polar surface area (TPSA) is 27.5 Å². The van der Waals surface area contributed by atoms with Crippen molar-refractivity contribution in [3.8, 4) is 16.9 Å². The summed E-state index contributed by atoms with van der Waals surface area (Å²) in [6.07, 6.45) is 1.93. The van der Waals surface area contributed by atoms with E-state index in [0.717, 1.165) is 57.2 Å². The van der Waals surface area contributed by atoms with Crippen LogP contribution in [0.5, 0.6) is 0 Å². The Labute approximate surface area is 338 Å². The van der Waals surface area contributed by atoms with Gasteiger partial charge in [0.1, 0.15) is 5.82 Å². The summed E-state index contributed by atoms with van der Waals surface area (Å²) in [5.41, 5.74) is 15.9. The van der Waals surface area contributed by atoms with Gasteiger partial charge in [-0.25, -0.2) is 4.98 Å². The number of fused-ring (bicyclic) bond motifs is 4. The molecule has 9 rings (SSSR count). The molecule has 0 amide bonds. The first-order chi connectivity index (χ1) is 26.3. The van der Waals surface area contributed by atoms with Gasteiger partial charge in [-0.05, 0) is 111 Å². The van der Waals surface area contributed by atoms with Crippen molar-refractivity contribution >= 4 is 55.9 Å². The van der Waals surface area contributed by atoms with Crippen LogP contribution in [-0.2, 0) is 21.1 Å². The number of nitrogens with zero attached hydrogens (tertiary/aromatic N) is 5. The molecular formula is C49H43N5Pt. The standard InChI is InChI=1S/C49H43N5.Pt/c1-32(2)51-31-52(45-23-10-9-22-44(45)51)38-18-13-19-39(29-38)53(49-35(5)16-12-17-36(49)6)40-24-25-42-41-20-7-8-21-43(41)54(46(42)30-40)47-28-37(26-27-50-47)48-33(3)14-11-15-34(48)4;/h7-28,32H,31H2,1-6H3;/q-2;+2. The number of anilines is 6. The SMILES string of the molecule is Cc1cccc(C)c1-c1ccnc(-n2c3[c-]c(N(c4[c-]c(N5CN(C(C)C)c6ccccc65)ccc4)c4c(C)cccc4C)ccc3c3ccccc32)c1.[Pt+2]. The first-order valence-electron chi connectivity index (χ1n) is 18.8. The van der Waals surface area contributed by atoms with Crippen molar-refractivity contribution in [2.24, 2.45) is 0 Å². The fraction of sp³-hybridized carbons (Fsp3) is 0.163. The van der Waals surface area contributed by atoms with E-state index in [-0.39, 0.29) is 21.1 Å². The van der Waals surface area contributed by atoms with Crippen molar-refractivity contribution in [1.82, 2.24) is 9.55 Å². The molecule has 5 nitrogen and oxygen atoms in total. The van der Waals surface area contributed by atoms with Crippen LogP contribution in [0.4, 0.5) is 34.1 Å². The Hall–Kier alpha value is -5.64. The zero-order valence-corrected chi connectivity index (χ0v) is 34.3. The van der Waals surface area contributed by atoms with E-state index in [0.29, 0.717) is 6.04 Å². The molecule has 2 aromatic heterocycles. The summed E-state index contributed by atoms with van der Waals surface area (Å²) in [4.78, 5) is 12.1. The van der Waals surface area contributed by atoms with Crippen LogP contribution in [0.25, 0.3) is 38.8 Å². The Morgan fingerprint density at radius 2 is 1.29 bits per heavy atom. The molecule has 0 radical (unpaired) electrons. The Balaban J connectivity index is 0.00000427. The molecule has 0 aliphatic carbocycles. The van der Waals surface area contributed by atoms with Gasteiger partial charge < -0.3 is 19.3 Å². The monoisotopic (exact) mass is 896 g/mol. The van der Waals surface area contributed by atoms with E-state index in [9.17, 15) is 0 Å². The molecule has 6 heteroatoms. The molecule has 274 valence electrons. The molecule has 0 N–H and O–H groups in total. The predicted octanol–water partition coefficient (Wildman–Crippen LogP) is 12.5. The average molecular weight is 897 g/mol. The van der Waals surface area contributed by atoms with Gasteiger partial charge in [0.05, 0.1) is 18.0 Å². The summed E-state index contributed by atoms with van der Waals surface area (Å²) >= 11 is 0. The van der Waals surface area contributed by atoms with Crippen LogP contribution < -0.4 is 14.7 Å². The van der Waals surface area contributed by atoms with Crippen molar-refractivity contribution in [3.63, 3.8) is 0 Å². The molecule has 0 atom stereocenters. The van der Waals surface area contributed by atoms with Crippen LogP contribution in [0.3, 0.4) is 0 Å². The van der Waals surface area contributed by atoms with Crippen molar-refractivity contribution in [2.75, 3.05) is 21.4 Å². The van der Waals surface area contributed by atoms with E-state index >= 15 is 0 Å². The number of para-hydroxylation sites is 4. The van der Waals surface area contributed by atoms with Crippen LogP contribution in [0, 0.1) is 39.8 Å². The number of hydrogen-bond acceptors (Lipinski definition) is 4. The molecule has 0 fully saturated rings. The zero-order valence-electron chi connectivity index (χ0n) is 32.0. The molecule has 0 unspecified atom stereocenters. The summed E-state index contributed by atoms with van der Waals surface area (Å²) in [5, 5.41) is 2.31. The van der Waals surface area contributed by atoms with E-state index in [1.54, 1.807) is 0 Å². The van der Waals surface area contributed by atoms with Crippen LogP contribution in [0.1, 0.15) is 36.1 Å². The Bertz CT molecular complexity index is 2670. The maximum atomic E-state index is 4.99. The van der Waals surface area contributed by atoms with E-state index in [2.05, 4.69) is 200 Å². The fourth-order valence-electron chi connectivity index (χ4n) is 8.37. The molecule has 0 spiro atoms. The normalized spacial score (nSPS) is 12.4. The molecule has 1 aliphatic heterocycles. The largest absolute Gasteiger partial charge is 2.00 e. The Kier molecular flexibility index (Phi) is 9.61. The van der Waals surface area contributed by atoms with Crippen molar-refractivity contribution in [2.45, 2.75) is 47.6 Å². The van der Waals surface area contributed by atoms with Crippen molar-refractivity contribution < 1.29 is 21.1 Å². The molecule has 0 saturated carbocycles. The van der Waals surface area contributed by atoms with Gasteiger partial charge in [0.2, 0.25) is 0 Å². The maximum Gasteiger partial charge on any atom is 2.00 e. The second kappa shape index (κ2) is 14.5. The molecule has 0 saturated heterocycles. The number of rotatable bonds is 7. The smallest absolute Gasteiger partial charge is 0.358 e. The minimum Gasteiger partial charge on any atom is -0.358 e. The predicted molar refractivity (Wildman–Crippen MR) is 226 cm³/mol. The quantitative estimate of drug-likeness (QED) is 0.149. The molecule has 0 bridgehead atoms. The summed E-state index contributed by atoms with van der Waals surface area (Å²) in [7, 11) is 0. The molecule has 1 aliphatic rings. The van der Waals surface area contributed by atoms with Gasteiger partial charge in [-0.1, -0.05) is 89.3 Å². The van der Waals surface area contributed by atoms with Crippen molar-refractivity contribution in [3.05, 3.63) is 168 Å². The molecule has 55 heavy (non-hydrogen) atoms. The number of aryl methyl sites for hydroxylation is 4. The number of benzene rings is 6. The average Bonchev–Trinajstić information content (AvgIpc) is 3.73. The number of aromatic nitrogens is 2. The fourth-order valence-corrected chi connectivity index (χ4v) is 8.37. The van der Waals surface area contributed by atoms with Gasteiger partial charge in [0, 0.05) is 23.4 Å². The Morgan fingerprint density at radius 3 is 2.04 bits per heavy atom. The summed E-state index contributed by atoms with van der Waals surface area (Å²) in [6, 6.07) is 53.8. The third-order valence-electron chi connectivity index (χ3n) is 10.9. The van der Waals surface area contributed by atoms with Gasteiger partial charge in [-0.2, -0.15) is 12.1 Å². The van der Waals surface area contributed by atoms with Gasteiger partial charge in [-0.15, -0.1) is 35.7 Å². The minimum atomic E-state index is 0. The first kappa shape index (κ1) is 36.3. The Morgan fingerprint density at radius 1 is 0.636 bits per heavy atom. The van der Waals surface area contributed by atoms with E-state index < -0.39 is 0 Å². The summed E-state index contributed by atoms with van der Waals surface area (Å²) in [5.74, 6) is 0.865. The van der Waals surface area contributed by atoms with Gasteiger partial charge >= 0.3 is 21.1 Å². The third kappa shape index (κ3) is 6.21. The molecule has 6 aromatic carbocycles. The number of hydrogen-bond donors (Lipinski definition) is 0. The molecule has 8 aromatic rings. The van der Waals surface area contributed by atoms with E-state index in [1.807, 2.05) is 6.20 Å². The minimum absolute atomic E-state index is 0. The second-order valence-corrected chi connectivity index (χ2v) is 14.7. The number of pyridine rings is 1. The van der Waals surface area contributed by atoms with Crippen LogP contribution in [-0.4, -0.2) is 22.3 Å². The van der Waals surface area contributed by atoms with Gasteiger partial charge in [0.25, 0.3) is 0 Å². The van der Waals surface area contributed by atoms with Crippen LogP contribution in [0.2, 0.25) is 0 Å². The van der Waals surface area contributed by atoms with Gasteiger partial charge in [0.15, 0.2) is 0 Å². The summed E-state index contributed by atoms with van der Waals surface area (Å²) < 4.78 is 2.27. The van der Waals surface area contributed by atoms with Crippen molar-refractivity contribution in [1.29, 1.82) is 0 Å². The van der Waals surface area contributed by atoms with Crippen LogP contribution in [0.15, 0.2) is 134 Å². The van der Waals surface area contributed by atoms with E-state index in [4.69, 9.17) is 4.98 Å². The molecule has 3 heterocycles.